The Bertz CT molecular complexity index is 802. The van der Waals surface area contributed by atoms with E-state index in [1.807, 2.05) is 0 Å². The van der Waals surface area contributed by atoms with Crippen LogP contribution >= 0.6 is 0 Å². The van der Waals surface area contributed by atoms with Crippen molar-refractivity contribution in [1.29, 1.82) is 0 Å². The average molecular weight is 330 g/mol. The zero-order valence-electron chi connectivity index (χ0n) is 15.5. The standard InChI is InChI=1S/C23H26N2/c1-5-19-8-12-21(13-9-19)25(4)23-16-14-22(15-17-23)24(3)20-10-6-18(2)7-11-20/h6-17H,5H2,1-4H3. The maximum Gasteiger partial charge on any atom is 0.0409 e. The number of rotatable bonds is 5. The van der Waals surface area contributed by atoms with E-state index in [0.717, 1.165) is 6.42 Å². The summed E-state index contributed by atoms with van der Waals surface area (Å²) in [4.78, 5) is 4.42. The van der Waals surface area contributed by atoms with Gasteiger partial charge >= 0.3 is 0 Å². The summed E-state index contributed by atoms with van der Waals surface area (Å²) in [6.07, 6.45) is 1.07. The van der Waals surface area contributed by atoms with E-state index in [9.17, 15) is 0 Å². The summed E-state index contributed by atoms with van der Waals surface area (Å²) in [5, 5.41) is 0. The van der Waals surface area contributed by atoms with Crippen LogP contribution in [0.3, 0.4) is 0 Å². The van der Waals surface area contributed by atoms with Crippen molar-refractivity contribution in [1.82, 2.24) is 0 Å². The highest BCUT2D eigenvalue weighted by Gasteiger charge is 2.07. The van der Waals surface area contributed by atoms with Gasteiger partial charge in [-0.15, -0.1) is 0 Å². The Balaban J connectivity index is 1.77. The van der Waals surface area contributed by atoms with Gasteiger partial charge in [0.1, 0.15) is 0 Å². The number of hydrogen-bond acceptors (Lipinski definition) is 2. The number of aryl methyl sites for hydroxylation is 2. The maximum atomic E-state index is 2.22. The fourth-order valence-electron chi connectivity index (χ4n) is 2.92. The summed E-state index contributed by atoms with van der Waals surface area (Å²) in [5.41, 5.74) is 7.42. The lowest BCUT2D eigenvalue weighted by Crippen LogP contribution is -2.11. The number of benzene rings is 3. The van der Waals surface area contributed by atoms with Crippen LogP contribution in [0.1, 0.15) is 18.1 Å². The molecule has 2 heteroatoms. The Hall–Kier alpha value is -2.74. The van der Waals surface area contributed by atoms with Crippen molar-refractivity contribution in [3.8, 4) is 0 Å². The first kappa shape index (κ1) is 17.1. The predicted octanol–water partition coefficient (Wildman–Crippen LogP) is 6.09. The van der Waals surface area contributed by atoms with E-state index in [-0.39, 0.29) is 0 Å². The van der Waals surface area contributed by atoms with E-state index >= 15 is 0 Å². The number of anilines is 4. The van der Waals surface area contributed by atoms with Crippen LogP contribution in [0.5, 0.6) is 0 Å². The van der Waals surface area contributed by atoms with Gasteiger partial charge in [0.25, 0.3) is 0 Å². The van der Waals surface area contributed by atoms with E-state index in [0.29, 0.717) is 0 Å². The highest BCUT2D eigenvalue weighted by molar-refractivity contribution is 5.68. The second kappa shape index (κ2) is 7.43. The van der Waals surface area contributed by atoms with Crippen LogP contribution in [0, 0.1) is 6.92 Å². The van der Waals surface area contributed by atoms with E-state index in [1.165, 1.54) is 33.9 Å². The molecular weight excluding hydrogens is 304 g/mol. The smallest absolute Gasteiger partial charge is 0.0409 e. The van der Waals surface area contributed by atoms with Crippen molar-refractivity contribution < 1.29 is 0 Å². The number of hydrogen-bond donors (Lipinski definition) is 0. The number of nitrogens with zero attached hydrogens (tertiary/aromatic N) is 2. The van der Waals surface area contributed by atoms with Gasteiger partial charge in [-0.3, -0.25) is 0 Å². The van der Waals surface area contributed by atoms with Crippen LogP contribution in [0.15, 0.2) is 72.8 Å². The molecule has 3 aromatic carbocycles. The van der Waals surface area contributed by atoms with Gasteiger partial charge < -0.3 is 9.80 Å². The molecule has 0 aromatic heterocycles. The van der Waals surface area contributed by atoms with Crippen LogP contribution in [-0.4, -0.2) is 14.1 Å². The predicted molar refractivity (Wildman–Crippen MR) is 110 cm³/mol. The molecule has 0 radical (unpaired) electrons. The molecular formula is C23H26N2. The molecule has 0 atom stereocenters. The van der Waals surface area contributed by atoms with Crippen LogP contribution in [0.2, 0.25) is 0 Å². The Morgan fingerprint density at radius 3 is 1.24 bits per heavy atom. The molecule has 0 unspecified atom stereocenters. The minimum Gasteiger partial charge on any atom is -0.345 e. The van der Waals surface area contributed by atoms with Crippen molar-refractivity contribution in [2.45, 2.75) is 20.3 Å². The van der Waals surface area contributed by atoms with Crippen molar-refractivity contribution in [3.05, 3.63) is 83.9 Å². The maximum absolute atomic E-state index is 2.22. The van der Waals surface area contributed by atoms with Crippen LogP contribution in [0.25, 0.3) is 0 Å². The summed E-state index contributed by atoms with van der Waals surface area (Å²) >= 11 is 0. The summed E-state index contributed by atoms with van der Waals surface area (Å²) in [5.74, 6) is 0. The lowest BCUT2D eigenvalue weighted by Gasteiger charge is -2.23. The molecule has 2 nitrogen and oxygen atoms in total. The SMILES string of the molecule is CCc1ccc(N(C)c2ccc(N(C)c3ccc(C)cc3)cc2)cc1. The monoisotopic (exact) mass is 330 g/mol. The lowest BCUT2D eigenvalue weighted by atomic mass is 10.1. The van der Waals surface area contributed by atoms with Gasteiger partial charge in [0.2, 0.25) is 0 Å². The van der Waals surface area contributed by atoms with Gasteiger partial charge in [-0.05, 0) is 67.4 Å². The lowest BCUT2D eigenvalue weighted by molar-refractivity contribution is 1.13. The van der Waals surface area contributed by atoms with Crippen LogP contribution in [0.4, 0.5) is 22.7 Å². The van der Waals surface area contributed by atoms with Crippen molar-refractivity contribution in [2.75, 3.05) is 23.9 Å². The van der Waals surface area contributed by atoms with E-state index in [1.54, 1.807) is 0 Å². The topological polar surface area (TPSA) is 6.48 Å². The van der Waals surface area contributed by atoms with E-state index in [4.69, 9.17) is 0 Å². The Morgan fingerprint density at radius 1 is 0.560 bits per heavy atom. The molecule has 0 aliphatic carbocycles. The van der Waals surface area contributed by atoms with E-state index < -0.39 is 0 Å². The van der Waals surface area contributed by atoms with Gasteiger partial charge in [0.15, 0.2) is 0 Å². The fraction of sp³-hybridized carbons (Fsp3) is 0.217. The quantitative estimate of drug-likeness (QED) is 0.558. The zero-order chi connectivity index (χ0) is 17.8. The summed E-state index contributed by atoms with van der Waals surface area (Å²) < 4.78 is 0. The first-order valence-corrected chi connectivity index (χ1v) is 8.81. The zero-order valence-corrected chi connectivity index (χ0v) is 15.5. The molecule has 0 heterocycles. The Labute approximate surface area is 151 Å². The van der Waals surface area contributed by atoms with Gasteiger partial charge in [0.05, 0.1) is 0 Å². The molecule has 3 aromatic rings. The molecule has 0 aliphatic heterocycles. The van der Waals surface area contributed by atoms with Crippen LogP contribution < -0.4 is 9.80 Å². The molecule has 0 bridgehead atoms. The van der Waals surface area contributed by atoms with Gasteiger partial charge in [-0.2, -0.15) is 0 Å². The average Bonchev–Trinajstić information content (AvgIpc) is 2.67. The highest BCUT2D eigenvalue weighted by atomic mass is 15.1. The first-order chi connectivity index (χ1) is 12.1. The normalized spacial score (nSPS) is 10.6. The molecule has 3 rings (SSSR count). The van der Waals surface area contributed by atoms with Crippen molar-refractivity contribution in [2.24, 2.45) is 0 Å². The van der Waals surface area contributed by atoms with Gasteiger partial charge in [-0.25, -0.2) is 0 Å². The largest absolute Gasteiger partial charge is 0.345 e. The molecule has 0 spiro atoms. The first-order valence-electron chi connectivity index (χ1n) is 8.81. The molecule has 0 aliphatic rings. The molecule has 0 fully saturated rings. The fourth-order valence-corrected chi connectivity index (χ4v) is 2.92. The Kier molecular flexibility index (Phi) is 5.08. The minimum absolute atomic E-state index is 1.07. The molecule has 25 heavy (non-hydrogen) atoms. The molecule has 0 amide bonds. The summed E-state index contributed by atoms with van der Waals surface area (Å²) in [7, 11) is 4.21. The summed E-state index contributed by atoms with van der Waals surface area (Å²) in [6.45, 7) is 4.30. The van der Waals surface area contributed by atoms with E-state index in [2.05, 4.69) is 111 Å². The second-order valence-electron chi connectivity index (χ2n) is 6.49. The third-order valence-electron chi connectivity index (χ3n) is 4.78. The highest BCUT2D eigenvalue weighted by Crippen LogP contribution is 2.29. The summed E-state index contributed by atoms with van der Waals surface area (Å²) in [6, 6.07) is 26.1. The van der Waals surface area contributed by atoms with Crippen molar-refractivity contribution >= 4 is 22.7 Å². The van der Waals surface area contributed by atoms with Gasteiger partial charge in [-0.1, -0.05) is 36.8 Å². The van der Waals surface area contributed by atoms with Gasteiger partial charge in [0, 0.05) is 36.8 Å². The molecule has 0 saturated carbocycles. The van der Waals surface area contributed by atoms with Crippen LogP contribution in [-0.2, 0) is 6.42 Å². The van der Waals surface area contributed by atoms with Crippen molar-refractivity contribution in [3.63, 3.8) is 0 Å². The molecule has 0 N–H and O–H groups in total. The second-order valence-corrected chi connectivity index (χ2v) is 6.49. The molecule has 128 valence electrons. The minimum atomic E-state index is 1.07. The third kappa shape index (κ3) is 3.85. The molecule has 0 saturated heterocycles. The Morgan fingerprint density at radius 2 is 0.880 bits per heavy atom. The third-order valence-corrected chi connectivity index (χ3v) is 4.78.